The molecule has 4 nitrogen and oxygen atoms in total. The standard InChI is InChI=1S/C21H21NO3/c1-12-7-8-13-11-22-17(10-21(2,3)16(13)9-12)14-5-4-6-15(20(24)25)18(14)19(22)23/h4-9,17H,10-11H2,1-3H3,(H,24,25)/t17-/m1/s1. The molecule has 1 N–H and O–H groups in total. The summed E-state index contributed by atoms with van der Waals surface area (Å²) >= 11 is 0. The van der Waals surface area contributed by atoms with Gasteiger partial charge in [0.1, 0.15) is 0 Å². The van der Waals surface area contributed by atoms with E-state index in [4.69, 9.17) is 0 Å². The molecule has 2 aliphatic heterocycles. The zero-order valence-electron chi connectivity index (χ0n) is 14.7. The molecule has 2 aromatic rings. The van der Waals surface area contributed by atoms with Crippen LogP contribution in [0.3, 0.4) is 0 Å². The minimum atomic E-state index is -1.04. The summed E-state index contributed by atoms with van der Waals surface area (Å²) in [6.07, 6.45) is 0.783. The van der Waals surface area contributed by atoms with Crippen molar-refractivity contribution in [3.8, 4) is 0 Å². The summed E-state index contributed by atoms with van der Waals surface area (Å²) < 4.78 is 0. The van der Waals surface area contributed by atoms with Gasteiger partial charge in [0.15, 0.2) is 0 Å². The Labute approximate surface area is 147 Å². The highest BCUT2D eigenvalue weighted by Crippen LogP contribution is 2.47. The Morgan fingerprint density at radius 1 is 1.24 bits per heavy atom. The molecule has 0 saturated heterocycles. The number of carbonyl (C=O) groups excluding carboxylic acids is 1. The second-order valence-corrected chi connectivity index (χ2v) is 7.77. The molecule has 0 radical (unpaired) electrons. The fourth-order valence-corrected chi connectivity index (χ4v) is 4.35. The number of carboxylic acid groups (broad SMARTS) is 1. The molecule has 0 saturated carbocycles. The van der Waals surface area contributed by atoms with Crippen molar-refractivity contribution in [3.63, 3.8) is 0 Å². The van der Waals surface area contributed by atoms with Crippen molar-refractivity contribution in [1.29, 1.82) is 0 Å². The van der Waals surface area contributed by atoms with E-state index in [1.54, 1.807) is 6.07 Å². The molecular weight excluding hydrogens is 314 g/mol. The second-order valence-electron chi connectivity index (χ2n) is 7.77. The van der Waals surface area contributed by atoms with Crippen LogP contribution in [0, 0.1) is 6.92 Å². The zero-order valence-corrected chi connectivity index (χ0v) is 14.7. The molecule has 4 heteroatoms. The summed E-state index contributed by atoms with van der Waals surface area (Å²) in [5, 5.41) is 9.48. The van der Waals surface area contributed by atoms with Gasteiger partial charge in [0.2, 0.25) is 0 Å². The van der Waals surface area contributed by atoms with Crippen LogP contribution in [0.1, 0.15) is 69.3 Å². The van der Waals surface area contributed by atoms with Gasteiger partial charge in [0.05, 0.1) is 17.2 Å². The third kappa shape index (κ3) is 2.28. The van der Waals surface area contributed by atoms with E-state index in [1.165, 1.54) is 17.2 Å². The lowest BCUT2D eigenvalue weighted by molar-refractivity contribution is 0.0662. The van der Waals surface area contributed by atoms with Crippen molar-refractivity contribution in [2.24, 2.45) is 0 Å². The number of carboxylic acids is 1. The van der Waals surface area contributed by atoms with Gasteiger partial charge in [0.25, 0.3) is 5.91 Å². The van der Waals surface area contributed by atoms with Gasteiger partial charge in [-0.15, -0.1) is 0 Å². The van der Waals surface area contributed by atoms with Crippen molar-refractivity contribution >= 4 is 11.9 Å². The highest BCUT2D eigenvalue weighted by atomic mass is 16.4. The van der Waals surface area contributed by atoms with Crippen LogP contribution in [0.5, 0.6) is 0 Å². The Hall–Kier alpha value is -2.62. The van der Waals surface area contributed by atoms with E-state index in [0.717, 1.165) is 17.5 Å². The molecule has 2 aromatic carbocycles. The quantitative estimate of drug-likeness (QED) is 0.854. The lowest BCUT2D eigenvalue weighted by atomic mass is 9.76. The van der Waals surface area contributed by atoms with Crippen molar-refractivity contribution in [3.05, 3.63) is 69.8 Å². The van der Waals surface area contributed by atoms with E-state index in [2.05, 4.69) is 39.0 Å². The van der Waals surface area contributed by atoms with Crippen molar-refractivity contribution in [1.82, 2.24) is 4.90 Å². The van der Waals surface area contributed by atoms with Crippen LogP contribution < -0.4 is 0 Å². The molecule has 0 aliphatic carbocycles. The van der Waals surface area contributed by atoms with Gasteiger partial charge >= 0.3 is 5.97 Å². The minimum Gasteiger partial charge on any atom is -0.478 e. The summed E-state index contributed by atoms with van der Waals surface area (Å²) in [5.74, 6) is -1.21. The number of aryl methyl sites for hydroxylation is 1. The van der Waals surface area contributed by atoms with Crippen LogP contribution in [0.25, 0.3) is 0 Å². The summed E-state index contributed by atoms with van der Waals surface area (Å²) in [6.45, 7) is 7.02. The highest BCUT2D eigenvalue weighted by Gasteiger charge is 2.44. The maximum Gasteiger partial charge on any atom is 0.336 e. The monoisotopic (exact) mass is 335 g/mol. The zero-order chi connectivity index (χ0) is 17.9. The van der Waals surface area contributed by atoms with Gasteiger partial charge in [0, 0.05) is 6.54 Å². The van der Waals surface area contributed by atoms with E-state index >= 15 is 0 Å². The predicted octanol–water partition coefficient (Wildman–Crippen LogP) is 4.07. The van der Waals surface area contributed by atoms with Crippen LogP contribution in [-0.2, 0) is 12.0 Å². The molecule has 128 valence electrons. The van der Waals surface area contributed by atoms with Crippen molar-refractivity contribution in [2.45, 2.75) is 45.2 Å². The molecule has 1 atom stereocenters. The third-order valence-electron chi connectivity index (χ3n) is 5.58. The molecule has 0 spiro atoms. The predicted molar refractivity (Wildman–Crippen MR) is 94.8 cm³/mol. The average Bonchev–Trinajstić information content (AvgIpc) is 2.74. The Morgan fingerprint density at radius 3 is 2.72 bits per heavy atom. The van der Waals surface area contributed by atoms with Crippen LogP contribution in [-0.4, -0.2) is 21.9 Å². The normalized spacial score (nSPS) is 20.5. The first-order valence-corrected chi connectivity index (χ1v) is 8.57. The van der Waals surface area contributed by atoms with E-state index in [9.17, 15) is 14.7 Å². The number of benzene rings is 2. The van der Waals surface area contributed by atoms with Gasteiger partial charge < -0.3 is 10.0 Å². The Balaban J connectivity index is 1.89. The first-order chi connectivity index (χ1) is 11.8. The summed E-state index contributed by atoms with van der Waals surface area (Å²) in [4.78, 5) is 26.5. The number of fused-ring (bicyclic) bond motifs is 4. The Kier molecular flexibility index (Phi) is 3.29. The summed E-state index contributed by atoms with van der Waals surface area (Å²) in [6, 6.07) is 11.5. The molecule has 2 aliphatic rings. The van der Waals surface area contributed by atoms with E-state index in [-0.39, 0.29) is 22.9 Å². The summed E-state index contributed by atoms with van der Waals surface area (Å²) in [5.41, 5.74) is 4.88. The molecular formula is C21H21NO3. The number of aromatic carboxylic acids is 1. The number of amides is 1. The molecule has 2 heterocycles. The maximum atomic E-state index is 13.1. The van der Waals surface area contributed by atoms with Crippen molar-refractivity contribution in [2.75, 3.05) is 0 Å². The fraction of sp³-hybridized carbons (Fsp3) is 0.333. The van der Waals surface area contributed by atoms with E-state index < -0.39 is 5.97 Å². The molecule has 25 heavy (non-hydrogen) atoms. The van der Waals surface area contributed by atoms with Gasteiger partial charge in [-0.1, -0.05) is 49.7 Å². The number of hydrogen-bond donors (Lipinski definition) is 1. The van der Waals surface area contributed by atoms with Crippen LogP contribution in [0.2, 0.25) is 0 Å². The number of rotatable bonds is 1. The lowest BCUT2D eigenvalue weighted by Crippen LogP contribution is -2.28. The first kappa shape index (κ1) is 15.9. The smallest absolute Gasteiger partial charge is 0.336 e. The highest BCUT2D eigenvalue weighted by molar-refractivity contribution is 6.08. The second kappa shape index (κ2) is 5.19. The average molecular weight is 335 g/mol. The lowest BCUT2D eigenvalue weighted by Gasteiger charge is -2.29. The van der Waals surface area contributed by atoms with E-state index in [1.807, 2.05) is 11.0 Å². The molecule has 4 rings (SSSR count). The fourth-order valence-electron chi connectivity index (χ4n) is 4.35. The number of hydrogen-bond acceptors (Lipinski definition) is 2. The number of nitrogens with zero attached hydrogens (tertiary/aromatic N) is 1. The van der Waals surface area contributed by atoms with Gasteiger partial charge in [-0.3, -0.25) is 4.79 Å². The Morgan fingerprint density at radius 2 is 2.00 bits per heavy atom. The molecule has 0 aromatic heterocycles. The van der Waals surface area contributed by atoms with Crippen LogP contribution in [0.15, 0.2) is 36.4 Å². The maximum absolute atomic E-state index is 13.1. The van der Waals surface area contributed by atoms with Crippen LogP contribution in [0.4, 0.5) is 0 Å². The van der Waals surface area contributed by atoms with Gasteiger partial charge in [-0.05, 0) is 41.5 Å². The van der Waals surface area contributed by atoms with Gasteiger partial charge in [-0.2, -0.15) is 0 Å². The van der Waals surface area contributed by atoms with Gasteiger partial charge in [-0.25, -0.2) is 4.79 Å². The molecule has 1 amide bonds. The molecule has 0 fully saturated rings. The van der Waals surface area contributed by atoms with Crippen molar-refractivity contribution < 1.29 is 14.7 Å². The van der Waals surface area contributed by atoms with E-state index in [0.29, 0.717) is 12.1 Å². The minimum absolute atomic E-state index is 0.0792. The largest absolute Gasteiger partial charge is 0.478 e. The molecule has 0 unspecified atom stereocenters. The Bertz CT molecular complexity index is 913. The topological polar surface area (TPSA) is 57.6 Å². The van der Waals surface area contributed by atoms with Crippen LogP contribution >= 0.6 is 0 Å². The SMILES string of the molecule is Cc1ccc2c(c1)C(C)(C)C[C@@H]1c3cccc(C(=O)O)c3C(=O)N1C2. The summed E-state index contributed by atoms with van der Waals surface area (Å²) in [7, 11) is 0. The first-order valence-electron chi connectivity index (χ1n) is 8.57. The number of carbonyl (C=O) groups is 2. The molecule has 0 bridgehead atoms. The third-order valence-corrected chi connectivity index (χ3v) is 5.58.